The molecule has 2 aliphatic carbocycles. The highest BCUT2D eigenvalue weighted by Gasteiger charge is 2.38. The molecule has 0 spiro atoms. The van der Waals surface area contributed by atoms with Crippen LogP contribution in [0.15, 0.2) is 176 Å². The second kappa shape index (κ2) is 14.3. The summed E-state index contributed by atoms with van der Waals surface area (Å²) in [7, 11) is 0. The number of anilines is 3. The maximum atomic E-state index is 2.46. The lowest BCUT2D eigenvalue weighted by Crippen LogP contribution is -2.29. The van der Waals surface area contributed by atoms with Crippen LogP contribution in [0.3, 0.4) is 0 Å². The number of fused-ring (bicyclic) bond motifs is 3. The number of hydrogen-bond donors (Lipinski definition) is 0. The van der Waals surface area contributed by atoms with E-state index >= 15 is 0 Å². The second-order valence-electron chi connectivity index (χ2n) is 16.0. The van der Waals surface area contributed by atoms with E-state index in [1.165, 1.54) is 112 Å². The summed E-state index contributed by atoms with van der Waals surface area (Å²) in [5.41, 5.74) is 16.8. The summed E-state index contributed by atoms with van der Waals surface area (Å²) in [5.74, 6) is 0. The highest BCUT2D eigenvalue weighted by atomic mass is 15.1. The molecule has 0 heterocycles. The Balaban J connectivity index is 1.18. The van der Waals surface area contributed by atoms with Crippen LogP contribution in [0.1, 0.15) is 81.0 Å². The summed E-state index contributed by atoms with van der Waals surface area (Å²) < 4.78 is 0. The molecular weight excluding hydrogens is 651 g/mol. The zero-order valence-corrected chi connectivity index (χ0v) is 31.6. The van der Waals surface area contributed by atoms with Gasteiger partial charge in [-0.3, -0.25) is 0 Å². The molecule has 1 fully saturated rings. The standard InChI is InChI=1S/C53H49N/c1-52(2)49-35-34-46(38-48(49)51-47(24-17-25-50(51)52)41-20-11-7-12-21-41)54(44-30-26-40(27-31-44)39-18-9-6-10-19-39)45-32-28-43(29-33-45)53(42-22-13-8-14-23-42)36-15-4-3-5-16-37-53/h6-14,17-35,38H,3-5,15-16,36-37H2,1-2H3. The lowest BCUT2D eigenvalue weighted by atomic mass is 9.67. The number of hydrogen-bond acceptors (Lipinski definition) is 1. The fraction of sp³-hybridized carbons (Fsp3) is 0.208. The molecule has 0 saturated heterocycles. The average molecular weight is 700 g/mol. The highest BCUT2D eigenvalue weighted by Crippen LogP contribution is 2.54. The van der Waals surface area contributed by atoms with E-state index in [1.807, 2.05) is 0 Å². The molecule has 0 N–H and O–H groups in total. The van der Waals surface area contributed by atoms with Crippen LogP contribution in [0.25, 0.3) is 33.4 Å². The van der Waals surface area contributed by atoms with Crippen LogP contribution < -0.4 is 4.90 Å². The maximum absolute atomic E-state index is 2.46. The van der Waals surface area contributed by atoms with Gasteiger partial charge < -0.3 is 4.90 Å². The minimum atomic E-state index is -0.0961. The van der Waals surface area contributed by atoms with E-state index in [0.717, 1.165) is 5.69 Å². The molecule has 0 radical (unpaired) electrons. The van der Waals surface area contributed by atoms with Gasteiger partial charge in [0.25, 0.3) is 0 Å². The summed E-state index contributed by atoms with van der Waals surface area (Å²) >= 11 is 0. The molecule has 0 aromatic heterocycles. The molecule has 1 heteroatoms. The van der Waals surface area contributed by atoms with Gasteiger partial charge in [0.1, 0.15) is 0 Å². The third-order valence-electron chi connectivity index (χ3n) is 12.5. The van der Waals surface area contributed by atoms with E-state index in [9.17, 15) is 0 Å². The van der Waals surface area contributed by atoms with E-state index in [1.54, 1.807) is 0 Å². The summed E-state index contributed by atoms with van der Waals surface area (Å²) in [6, 6.07) is 65.7. The molecule has 54 heavy (non-hydrogen) atoms. The quantitative estimate of drug-likeness (QED) is 0.160. The van der Waals surface area contributed by atoms with Crippen LogP contribution in [0.2, 0.25) is 0 Å². The first kappa shape index (κ1) is 34.1. The molecular formula is C53H49N. The lowest BCUT2D eigenvalue weighted by Gasteiger charge is -2.37. The van der Waals surface area contributed by atoms with Crippen molar-refractivity contribution < 1.29 is 0 Å². The van der Waals surface area contributed by atoms with Gasteiger partial charge in [-0.25, -0.2) is 0 Å². The van der Waals surface area contributed by atoms with Gasteiger partial charge in [0.2, 0.25) is 0 Å². The monoisotopic (exact) mass is 699 g/mol. The van der Waals surface area contributed by atoms with Crippen molar-refractivity contribution in [2.75, 3.05) is 4.90 Å². The summed E-state index contributed by atoms with van der Waals surface area (Å²) in [6.45, 7) is 4.76. The van der Waals surface area contributed by atoms with Crippen LogP contribution in [-0.4, -0.2) is 0 Å². The third kappa shape index (κ3) is 6.06. The van der Waals surface area contributed by atoms with Crippen molar-refractivity contribution in [3.63, 3.8) is 0 Å². The Kier molecular flexibility index (Phi) is 9.03. The zero-order valence-electron chi connectivity index (χ0n) is 31.6. The minimum absolute atomic E-state index is 0.0407. The molecule has 0 amide bonds. The van der Waals surface area contributed by atoms with Crippen molar-refractivity contribution in [3.05, 3.63) is 198 Å². The van der Waals surface area contributed by atoms with Gasteiger partial charge in [0, 0.05) is 27.9 Å². The van der Waals surface area contributed by atoms with Crippen molar-refractivity contribution in [2.24, 2.45) is 0 Å². The van der Waals surface area contributed by atoms with Gasteiger partial charge in [-0.05, 0) is 105 Å². The predicted octanol–water partition coefficient (Wildman–Crippen LogP) is 14.8. The first-order chi connectivity index (χ1) is 26.5. The van der Waals surface area contributed by atoms with Crippen molar-refractivity contribution in [1.29, 1.82) is 0 Å². The topological polar surface area (TPSA) is 3.24 Å². The Labute approximate surface area is 322 Å². The van der Waals surface area contributed by atoms with Crippen molar-refractivity contribution in [2.45, 2.75) is 69.6 Å². The van der Waals surface area contributed by atoms with Gasteiger partial charge in [-0.1, -0.05) is 185 Å². The molecule has 1 saturated carbocycles. The molecule has 9 rings (SSSR count). The fourth-order valence-electron chi connectivity index (χ4n) is 9.61. The van der Waals surface area contributed by atoms with Crippen LogP contribution >= 0.6 is 0 Å². The van der Waals surface area contributed by atoms with Gasteiger partial charge in [-0.15, -0.1) is 0 Å². The van der Waals surface area contributed by atoms with Crippen LogP contribution in [0.4, 0.5) is 17.1 Å². The van der Waals surface area contributed by atoms with Crippen molar-refractivity contribution in [3.8, 4) is 33.4 Å². The SMILES string of the molecule is CC1(C)c2ccc(N(c3ccc(-c4ccccc4)cc3)c3ccc(C4(c5ccccc5)CCCCCCC4)cc3)cc2-c2c(-c3ccccc3)cccc21. The van der Waals surface area contributed by atoms with E-state index in [0.29, 0.717) is 0 Å². The minimum Gasteiger partial charge on any atom is -0.310 e. The van der Waals surface area contributed by atoms with Gasteiger partial charge in [0.15, 0.2) is 0 Å². The Morgan fingerprint density at radius 2 is 0.907 bits per heavy atom. The molecule has 266 valence electrons. The smallest absolute Gasteiger partial charge is 0.0468 e. The summed E-state index contributed by atoms with van der Waals surface area (Å²) in [6.07, 6.45) is 8.95. The molecule has 0 unspecified atom stereocenters. The lowest BCUT2D eigenvalue weighted by molar-refractivity contribution is 0.366. The third-order valence-corrected chi connectivity index (χ3v) is 12.5. The van der Waals surface area contributed by atoms with Gasteiger partial charge in [0.05, 0.1) is 0 Å². The van der Waals surface area contributed by atoms with E-state index in [2.05, 4.69) is 195 Å². The zero-order chi connectivity index (χ0) is 36.5. The van der Waals surface area contributed by atoms with E-state index < -0.39 is 0 Å². The second-order valence-corrected chi connectivity index (χ2v) is 16.0. The molecule has 0 aliphatic heterocycles. The molecule has 0 bridgehead atoms. The molecule has 7 aromatic carbocycles. The average Bonchev–Trinajstić information content (AvgIpc) is 3.45. The molecule has 1 nitrogen and oxygen atoms in total. The highest BCUT2D eigenvalue weighted by molar-refractivity contribution is 5.94. The Morgan fingerprint density at radius 1 is 0.389 bits per heavy atom. The number of rotatable bonds is 7. The number of benzene rings is 7. The maximum Gasteiger partial charge on any atom is 0.0468 e. The molecule has 7 aromatic rings. The summed E-state index contributed by atoms with van der Waals surface area (Å²) in [4.78, 5) is 2.46. The molecule has 0 atom stereocenters. The van der Waals surface area contributed by atoms with Crippen molar-refractivity contribution >= 4 is 17.1 Å². The Morgan fingerprint density at radius 3 is 1.56 bits per heavy atom. The normalized spacial score (nSPS) is 15.7. The molecule has 2 aliphatic rings. The van der Waals surface area contributed by atoms with E-state index in [4.69, 9.17) is 0 Å². The van der Waals surface area contributed by atoms with Crippen molar-refractivity contribution in [1.82, 2.24) is 0 Å². The first-order valence-electron chi connectivity index (χ1n) is 20.0. The van der Waals surface area contributed by atoms with Crippen LogP contribution in [-0.2, 0) is 10.8 Å². The van der Waals surface area contributed by atoms with Crippen LogP contribution in [0.5, 0.6) is 0 Å². The Hall–Kier alpha value is -5.66. The van der Waals surface area contributed by atoms with Gasteiger partial charge in [-0.2, -0.15) is 0 Å². The Bertz CT molecular complexity index is 2350. The fourth-order valence-corrected chi connectivity index (χ4v) is 9.61. The summed E-state index contributed by atoms with van der Waals surface area (Å²) in [5, 5.41) is 0. The first-order valence-corrected chi connectivity index (χ1v) is 20.0. The van der Waals surface area contributed by atoms with E-state index in [-0.39, 0.29) is 10.8 Å². The van der Waals surface area contributed by atoms with Gasteiger partial charge >= 0.3 is 0 Å². The largest absolute Gasteiger partial charge is 0.310 e. The predicted molar refractivity (Wildman–Crippen MR) is 229 cm³/mol. The van der Waals surface area contributed by atoms with Crippen LogP contribution in [0, 0.1) is 0 Å². The number of nitrogens with zero attached hydrogens (tertiary/aromatic N) is 1.